The second-order valence-electron chi connectivity index (χ2n) is 5.83. The van der Waals surface area contributed by atoms with Gasteiger partial charge in [0.25, 0.3) is 0 Å². The summed E-state index contributed by atoms with van der Waals surface area (Å²) in [5.74, 6) is -0.128. The summed E-state index contributed by atoms with van der Waals surface area (Å²) < 4.78 is 0. The molecule has 0 atom stereocenters. The Balaban J connectivity index is 0.000000144. The molecule has 3 aromatic carbocycles. The number of carbonyl (C=O) groups excluding carboxylic acids is 2. The first-order valence-electron chi connectivity index (χ1n) is 8.18. The predicted molar refractivity (Wildman–Crippen MR) is 99.3 cm³/mol. The van der Waals surface area contributed by atoms with Crippen LogP contribution >= 0.6 is 0 Å². The number of aromatic nitrogens is 2. The molecule has 0 bridgehead atoms. The third-order valence-corrected chi connectivity index (χ3v) is 4.25. The highest BCUT2D eigenvalue weighted by Gasteiger charge is 2.28. The highest BCUT2D eigenvalue weighted by Crippen LogP contribution is 2.26. The molecule has 1 heterocycles. The van der Waals surface area contributed by atoms with Gasteiger partial charge in [-0.1, -0.05) is 66.7 Å². The van der Waals surface area contributed by atoms with Gasteiger partial charge in [0.2, 0.25) is 0 Å². The van der Waals surface area contributed by atoms with Crippen LogP contribution in [-0.4, -0.2) is 21.5 Å². The van der Waals surface area contributed by atoms with Crippen LogP contribution in [0.1, 0.15) is 31.8 Å². The van der Waals surface area contributed by atoms with Gasteiger partial charge in [-0.2, -0.15) is 0 Å². The van der Waals surface area contributed by atoms with Gasteiger partial charge in [0.1, 0.15) is 6.33 Å². The average Bonchev–Trinajstić information content (AvgIpc) is 2.73. The molecule has 0 radical (unpaired) electrons. The quantitative estimate of drug-likeness (QED) is 0.427. The molecule has 0 fully saturated rings. The largest absolute Gasteiger partial charge is 0.289 e. The number of carbonyl (C=O) groups is 2. The number of benzene rings is 3. The molecule has 4 nitrogen and oxygen atoms in total. The molecule has 0 N–H and O–H groups in total. The molecule has 0 unspecified atom stereocenters. The molecule has 5 rings (SSSR count). The molecule has 0 saturated heterocycles. The van der Waals surface area contributed by atoms with Gasteiger partial charge < -0.3 is 0 Å². The van der Waals surface area contributed by atoms with Crippen LogP contribution in [0, 0.1) is 0 Å². The van der Waals surface area contributed by atoms with Gasteiger partial charge in [-0.05, 0) is 6.07 Å². The van der Waals surface area contributed by atoms with Crippen molar-refractivity contribution in [3.8, 4) is 0 Å². The van der Waals surface area contributed by atoms with Crippen molar-refractivity contribution in [1.29, 1.82) is 0 Å². The van der Waals surface area contributed by atoms with Crippen molar-refractivity contribution < 1.29 is 9.59 Å². The summed E-state index contributed by atoms with van der Waals surface area (Å²) in [6, 6.07) is 21.8. The Morgan fingerprint density at radius 2 is 1.04 bits per heavy atom. The maximum absolute atomic E-state index is 12.1. The minimum absolute atomic E-state index is 0.0641. The van der Waals surface area contributed by atoms with Crippen LogP contribution in [0.15, 0.2) is 85.3 Å². The summed E-state index contributed by atoms with van der Waals surface area (Å²) in [5.41, 5.74) is 3.02. The number of ketones is 2. The number of para-hydroxylation sites is 1. The van der Waals surface area contributed by atoms with Crippen LogP contribution in [0.5, 0.6) is 0 Å². The van der Waals surface area contributed by atoms with E-state index in [2.05, 4.69) is 9.97 Å². The fourth-order valence-corrected chi connectivity index (χ4v) is 2.97. The van der Waals surface area contributed by atoms with Crippen LogP contribution in [0.2, 0.25) is 0 Å². The van der Waals surface area contributed by atoms with E-state index in [0.29, 0.717) is 22.3 Å². The zero-order valence-electron chi connectivity index (χ0n) is 13.8. The number of hydrogen-bond donors (Lipinski definition) is 0. The molecule has 124 valence electrons. The molecular formula is C22H14N2O2. The molecule has 1 aromatic heterocycles. The summed E-state index contributed by atoms with van der Waals surface area (Å²) in [4.78, 5) is 32.2. The van der Waals surface area contributed by atoms with Crippen molar-refractivity contribution in [3.05, 3.63) is 108 Å². The lowest BCUT2D eigenvalue weighted by molar-refractivity contribution is 0.0979. The Morgan fingerprint density at radius 1 is 0.577 bits per heavy atom. The SMILES string of the molecule is O=C1c2ccccc2C(=O)c2ccccc21.c1ccc2ncncc2c1. The van der Waals surface area contributed by atoms with Crippen LogP contribution in [0.3, 0.4) is 0 Å². The summed E-state index contributed by atoms with van der Waals surface area (Å²) >= 11 is 0. The lowest BCUT2D eigenvalue weighted by Gasteiger charge is -2.16. The van der Waals surface area contributed by atoms with E-state index in [1.54, 1.807) is 54.9 Å². The molecule has 1 aliphatic carbocycles. The minimum atomic E-state index is -0.0641. The van der Waals surface area contributed by atoms with Crippen LogP contribution in [0.25, 0.3) is 10.9 Å². The second kappa shape index (κ2) is 6.69. The first-order valence-corrected chi connectivity index (χ1v) is 8.18. The van der Waals surface area contributed by atoms with E-state index in [-0.39, 0.29) is 11.6 Å². The van der Waals surface area contributed by atoms with Gasteiger partial charge >= 0.3 is 0 Å². The third kappa shape index (κ3) is 2.78. The topological polar surface area (TPSA) is 59.9 Å². The maximum atomic E-state index is 12.1. The van der Waals surface area contributed by atoms with Gasteiger partial charge in [0.05, 0.1) is 5.52 Å². The van der Waals surface area contributed by atoms with E-state index in [1.165, 1.54) is 0 Å². The molecule has 1 aliphatic rings. The standard InChI is InChI=1S/C14H8O2.C8H6N2/c15-13-9-5-1-2-6-10(9)14(16)12-8-4-3-7-11(12)13;1-2-4-8-7(3-1)5-9-6-10-8/h1-8H;1-6H. The van der Waals surface area contributed by atoms with Crippen LogP contribution in [0.4, 0.5) is 0 Å². The van der Waals surface area contributed by atoms with Gasteiger partial charge in [-0.15, -0.1) is 0 Å². The van der Waals surface area contributed by atoms with E-state index < -0.39 is 0 Å². The Bertz CT molecular complexity index is 965. The average molecular weight is 338 g/mol. The van der Waals surface area contributed by atoms with Crippen molar-refractivity contribution in [2.24, 2.45) is 0 Å². The third-order valence-electron chi connectivity index (χ3n) is 4.25. The summed E-state index contributed by atoms with van der Waals surface area (Å²) in [6.07, 6.45) is 3.37. The van der Waals surface area contributed by atoms with Crippen molar-refractivity contribution in [2.75, 3.05) is 0 Å². The van der Waals surface area contributed by atoms with Crippen LogP contribution < -0.4 is 0 Å². The Hall–Kier alpha value is -3.66. The molecule has 4 heteroatoms. The monoisotopic (exact) mass is 338 g/mol. The first-order chi connectivity index (χ1) is 12.8. The van der Waals surface area contributed by atoms with E-state index in [9.17, 15) is 9.59 Å². The zero-order chi connectivity index (χ0) is 17.9. The summed E-state index contributed by atoms with van der Waals surface area (Å²) in [5, 5.41) is 1.09. The number of fused-ring (bicyclic) bond motifs is 3. The number of rotatable bonds is 0. The van der Waals surface area contributed by atoms with Crippen molar-refractivity contribution in [2.45, 2.75) is 0 Å². The highest BCUT2D eigenvalue weighted by molar-refractivity contribution is 6.28. The van der Waals surface area contributed by atoms with Crippen LogP contribution in [-0.2, 0) is 0 Å². The van der Waals surface area contributed by atoms with E-state index in [0.717, 1.165) is 10.9 Å². The second-order valence-corrected chi connectivity index (χ2v) is 5.83. The number of hydrogen-bond acceptors (Lipinski definition) is 4. The van der Waals surface area contributed by atoms with Crippen molar-refractivity contribution in [1.82, 2.24) is 9.97 Å². The molecular weight excluding hydrogens is 324 g/mol. The van der Waals surface area contributed by atoms with Gasteiger partial charge in [-0.3, -0.25) is 9.59 Å². The minimum Gasteiger partial charge on any atom is -0.289 e. The van der Waals surface area contributed by atoms with Crippen molar-refractivity contribution in [3.63, 3.8) is 0 Å². The number of nitrogens with zero attached hydrogens (tertiary/aromatic N) is 2. The smallest absolute Gasteiger partial charge is 0.194 e. The van der Waals surface area contributed by atoms with Gasteiger partial charge in [-0.25, -0.2) is 9.97 Å². The van der Waals surface area contributed by atoms with Crippen molar-refractivity contribution >= 4 is 22.5 Å². The molecule has 0 amide bonds. The van der Waals surface area contributed by atoms with E-state index >= 15 is 0 Å². The lowest BCUT2D eigenvalue weighted by atomic mass is 9.84. The predicted octanol–water partition coefficient (Wildman–Crippen LogP) is 4.09. The molecule has 4 aromatic rings. The first kappa shape index (κ1) is 15.8. The maximum Gasteiger partial charge on any atom is 0.194 e. The Kier molecular flexibility index (Phi) is 4.07. The Morgan fingerprint density at radius 3 is 1.54 bits per heavy atom. The molecule has 0 saturated carbocycles. The molecule has 0 aliphatic heterocycles. The lowest BCUT2D eigenvalue weighted by Crippen LogP contribution is -2.20. The van der Waals surface area contributed by atoms with E-state index in [4.69, 9.17) is 0 Å². The highest BCUT2D eigenvalue weighted by atomic mass is 16.1. The summed E-state index contributed by atoms with van der Waals surface area (Å²) in [6.45, 7) is 0. The van der Waals surface area contributed by atoms with E-state index in [1.807, 2.05) is 30.5 Å². The molecule has 26 heavy (non-hydrogen) atoms. The fraction of sp³-hybridized carbons (Fsp3) is 0. The zero-order valence-corrected chi connectivity index (χ0v) is 13.8. The van der Waals surface area contributed by atoms with Gasteiger partial charge in [0.15, 0.2) is 11.6 Å². The summed E-state index contributed by atoms with van der Waals surface area (Å²) in [7, 11) is 0. The van der Waals surface area contributed by atoms with Gasteiger partial charge in [0, 0.05) is 33.8 Å². The molecule has 0 spiro atoms. The normalized spacial score (nSPS) is 12.0. The Labute approximate surface area is 150 Å². The fourth-order valence-electron chi connectivity index (χ4n) is 2.97.